The van der Waals surface area contributed by atoms with Crippen molar-refractivity contribution in [1.82, 2.24) is 9.88 Å². The normalized spacial score (nSPS) is 11.4. The summed E-state index contributed by atoms with van der Waals surface area (Å²) >= 11 is 0. The van der Waals surface area contributed by atoms with Crippen molar-refractivity contribution in [1.29, 1.82) is 0 Å². The van der Waals surface area contributed by atoms with Crippen LogP contribution in [0.25, 0.3) is 27.9 Å². The Balaban J connectivity index is 1.20. The molecule has 0 atom stereocenters. The number of para-hydroxylation sites is 2. The Bertz CT molecular complexity index is 1840. The fourth-order valence-electron chi connectivity index (χ4n) is 5.15. The number of anilines is 1. The molecule has 0 aliphatic carbocycles. The van der Waals surface area contributed by atoms with Gasteiger partial charge in [-0.3, -0.25) is 14.5 Å². The molecule has 0 saturated carbocycles. The van der Waals surface area contributed by atoms with Gasteiger partial charge < -0.3 is 24.5 Å². The van der Waals surface area contributed by atoms with Gasteiger partial charge in [0.1, 0.15) is 5.75 Å². The first kappa shape index (κ1) is 29.4. The highest BCUT2D eigenvalue weighted by atomic mass is 16.5. The van der Waals surface area contributed by atoms with Crippen molar-refractivity contribution in [3.8, 4) is 17.2 Å². The summed E-state index contributed by atoms with van der Waals surface area (Å²) in [5, 5.41) is 4.06. The summed E-state index contributed by atoms with van der Waals surface area (Å²) in [5.41, 5.74) is 4.76. The molecule has 0 aliphatic heterocycles. The van der Waals surface area contributed by atoms with Crippen LogP contribution in [-0.4, -0.2) is 50.7 Å². The molecule has 220 valence electrons. The number of nitrogens with one attached hydrogen (secondary N) is 2. The SMILES string of the molecule is COc1ccc(CN(C)CC=Cc2ccc(NC(=O)Cc3cccc4c(=O)c5cccc(OC)c5[nH]c34)cc2)cc1OC. The zero-order valence-corrected chi connectivity index (χ0v) is 24.8. The second-order valence-corrected chi connectivity index (χ2v) is 10.3. The maximum absolute atomic E-state index is 13.2. The number of rotatable bonds is 11. The summed E-state index contributed by atoms with van der Waals surface area (Å²) in [5.74, 6) is 1.84. The number of likely N-dealkylation sites (N-methyl/N-ethyl adjacent to an activating group) is 1. The van der Waals surface area contributed by atoms with Gasteiger partial charge in [-0.15, -0.1) is 0 Å². The average Bonchev–Trinajstić information content (AvgIpc) is 3.02. The van der Waals surface area contributed by atoms with Crippen LogP contribution < -0.4 is 25.0 Å². The number of nitrogens with zero attached hydrogens (tertiary/aromatic N) is 1. The van der Waals surface area contributed by atoms with Gasteiger partial charge in [-0.05, 0) is 66.2 Å². The van der Waals surface area contributed by atoms with Crippen LogP contribution >= 0.6 is 0 Å². The number of benzene rings is 4. The van der Waals surface area contributed by atoms with E-state index in [2.05, 4.69) is 34.4 Å². The molecule has 8 nitrogen and oxygen atoms in total. The topological polar surface area (TPSA) is 92.9 Å². The average molecular weight is 578 g/mol. The molecule has 1 aromatic heterocycles. The highest BCUT2D eigenvalue weighted by molar-refractivity contribution is 5.99. The fourth-order valence-corrected chi connectivity index (χ4v) is 5.15. The van der Waals surface area contributed by atoms with Crippen LogP contribution in [0.1, 0.15) is 16.7 Å². The summed E-state index contributed by atoms with van der Waals surface area (Å²) in [6, 6.07) is 24.4. The first-order valence-electron chi connectivity index (χ1n) is 14.0. The number of methoxy groups -OCH3 is 3. The minimum atomic E-state index is -0.173. The molecule has 0 radical (unpaired) electrons. The number of carbonyl (C=O) groups excluding carboxylic acids is 1. The number of H-pyrrole nitrogens is 1. The highest BCUT2D eigenvalue weighted by Gasteiger charge is 2.14. The third-order valence-electron chi connectivity index (χ3n) is 7.31. The van der Waals surface area contributed by atoms with Gasteiger partial charge in [-0.2, -0.15) is 0 Å². The van der Waals surface area contributed by atoms with E-state index < -0.39 is 0 Å². The van der Waals surface area contributed by atoms with Crippen molar-refractivity contribution in [2.75, 3.05) is 40.2 Å². The Hall–Kier alpha value is -5.08. The van der Waals surface area contributed by atoms with Crippen molar-refractivity contribution in [3.05, 3.63) is 112 Å². The van der Waals surface area contributed by atoms with Crippen LogP contribution in [0.15, 0.2) is 89.7 Å². The lowest BCUT2D eigenvalue weighted by Crippen LogP contribution is -2.17. The second-order valence-electron chi connectivity index (χ2n) is 10.3. The maximum Gasteiger partial charge on any atom is 0.228 e. The molecule has 0 aliphatic rings. The number of fused-ring (bicyclic) bond motifs is 2. The number of carbonyl (C=O) groups is 1. The minimum absolute atomic E-state index is 0.0966. The summed E-state index contributed by atoms with van der Waals surface area (Å²) in [6.07, 6.45) is 4.28. The van der Waals surface area contributed by atoms with Crippen LogP contribution in [0.4, 0.5) is 5.69 Å². The molecule has 0 bridgehead atoms. The quantitative estimate of drug-likeness (QED) is 0.186. The monoisotopic (exact) mass is 577 g/mol. The molecule has 2 N–H and O–H groups in total. The van der Waals surface area contributed by atoms with Crippen molar-refractivity contribution in [2.45, 2.75) is 13.0 Å². The summed E-state index contributed by atoms with van der Waals surface area (Å²) < 4.78 is 16.2. The Morgan fingerprint density at radius 3 is 2.26 bits per heavy atom. The molecule has 5 aromatic rings. The van der Waals surface area contributed by atoms with Gasteiger partial charge in [0.05, 0.1) is 38.8 Å². The standard InChI is InChI=1S/C35H35N3O5/c1-38(22-24-15-18-29(41-2)31(20-24)43-4)19-7-8-23-13-16-26(17-14-23)36-32(39)21-25-9-5-10-27-33(25)37-34-28(35(27)40)11-6-12-30(34)42-3/h5-18,20H,19,21-22H2,1-4H3,(H,36,39)(H,37,40). The van der Waals surface area contributed by atoms with E-state index in [4.69, 9.17) is 14.2 Å². The van der Waals surface area contributed by atoms with Gasteiger partial charge in [0.25, 0.3) is 0 Å². The number of aromatic amines is 1. The molecular weight excluding hydrogens is 542 g/mol. The fraction of sp³-hybridized carbons (Fsp3) is 0.200. The molecule has 4 aromatic carbocycles. The van der Waals surface area contributed by atoms with E-state index in [1.165, 1.54) is 0 Å². The van der Waals surface area contributed by atoms with Crippen molar-refractivity contribution in [3.63, 3.8) is 0 Å². The lowest BCUT2D eigenvalue weighted by Gasteiger charge is -2.16. The molecule has 1 heterocycles. The van der Waals surface area contributed by atoms with Crippen LogP contribution in [-0.2, 0) is 17.8 Å². The molecule has 0 unspecified atom stereocenters. The van der Waals surface area contributed by atoms with E-state index in [0.717, 1.165) is 35.5 Å². The Labute approximate surface area is 250 Å². The van der Waals surface area contributed by atoms with Gasteiger partial charge in [-0.1, -0.05) is 48.6 Å². The van der Waals surface area contributed by atoms with E-state index in [1.807, 2.05) is 48.5 Å². The van der Waals surface area contributed by atoms with Crippen molar-refractivity contribution >= 4 is 39.5 Å². The first-order chi connectivity index (χ1) is 20.9. The molecule has 0 fully saturated rings. The van der Waals surface area contributed by atoms with Gasteiger partial charge in [0.2, 0.25) is 5.91 Å². The molecule has 43 heavy (non-hydrogen) atoms. The second kappa shape index (κ2) is 13.3. The van der Waals surface area contributed by atoms with Gasteiger partial charge in [0, 0.05) is 29.5 Å². The molecular formula is C35H35N3O5. The zero-order chi connectivity index (χ0) is 30.3. The highest BCUT2D eigenvalue weighted by Crippen LogP contribution is 2.28. The van der Waals surface area contributed by atoms with Gasteiger partial charge in [0.15, 0.2) is 16.9 Å². The molecule has 1 amide bonds. The number of ether oxygens (including phenoxy) is 3. The maximum atomic E-state index is 13.2. The Kier molecular flexibility index (Phi) is 9.08. The number of pyridine rings is 1. The molecule has 5 rings (SSSR count). The van der Waals surface area contributed by atoms with E-state index in [9.17, 15) is 9.59 Å². The number of hydrogen-bond acceptors (Lipinski definition) is 6. The minimum Gasteiger partial charge on any atom is -0.495 e. The molecule has 0 spiro atoms. The summed E-state index contributed by atoms with van der Waals surface area (Å²) in [6.45, 7) is 1.53. The van der Waals surface area contributed by atoms with Crippen molar-refractivity contribution in [2.24, 2.45) is 0 Å². The predicted molar refractivity (Wildman–Crippen MR) is 172 cm³/mol. The van der Waals surface area contributed by atoms with E-state index in [-0.39, 0.29) is 17.8 Å². The Morgan fingerprint density at radius 2 is 1.53 bits per heavy atom. The van der Waals surface area contributed by atoms with E-state index in [1.54, 1.807) is 51.7 Å². The summed E-state index contributed by atoms with van der Waals surface area (Å²) in [4.78, 5) is 31.7. The largest absolute Gasteiger partial charge is 0.495 e. The van der Waals surface area contributed by atoms with E-state index >= 15 is 0 Å². The third kappa shape index (κ3) is 6.71. The predicted octanol–water partition coefficient (Wildman–Crippen LogP) is 6.03. The third-order valence-corrected chi connectivity index (χ3v) is 7.31. The lowest BCUT2D eigenvalue weighted by atomic mass is 10.0. The van der Waals surface area contributed by atoms with Crippen LogP contribution in [0.2, 0.25) is 0 Å². The van der Waals surface area contributed by atoms with Crippen LogP contribution in [0, 0.1) is 0 Å². The zero-order valence-electron chi connectivity index (χ0n) is 24.8. The van der Waals surface area contributed by atoms with Gasteiger partial charge in [-0.25, -0.2) is 0 Å². The lowest BCUT2D eigenvalue weighted by molar-refractivity contribution is -0.115. The number of aromatic nitrogens is 1. The summed E-state index contributed by atoms with van der Waals surface area (Å²) in [7, 11) is 6.89. The van der Waals surface area contributed by atoms with Gasteiger partial charge >= 0.3 is 0 Å². The van der Waals surface area contributed by atoms with E-state index in [0.29, 0.717) is 39.0 Å². The van der Waals surface area contributed by atoms with Crippen molar-refractivity contribution < 1.29 is 19.0 Å². The number of amides is 1. The Morgan fingerprint density at radius 1 is 0.837 bits per heavy atom. The smallest absolute Gasteiger partial charge is 0.228 e. The molecule has 8 heteroatoms. The van der Waals surface area contributed by atoms with Crippen LogP contribution in [0.3, 0.4) is 0 Å². The molecule has 0 saturated heterocycles. The van der Waals surface area contributed by atoms with Crippen LogP contribution in [0.5, 0.6) is 17.2 Å². The number of hydrogen-bond donors (Lipinski definition) is 2. The first-order valence-corrected chi connectivity index (χ1v) is 14.0.